The molecule has 0 aromatic heterocycles. The van der Waals surface area contributed by atoms with E-state index in [2.05, 4.69) is 46.8 Å². The molecule has 0 atom stereocenters. The van der Waals surface area contributed by atoms with Gasteiger partial charge < -0.3 is 15.8 Å². The van der Waals surface area contributed by atoms with Crippen LogP contribution in [0.4, 0.5) is 5.69 Å². The Kier molecular flexibility index (Phi) is 4.62. The van der Waals surface area contributed by atoms with E-state index in [-0.39, 0.29) is 11.4 Å². The van der Waals surface area contributed by atoms with E-state index in [4.69, 9.17) is 10.9 Å². The Balaban J connectivity index is 3.38. The van der Waals surface area contributed by atoms with Crippen molar-refractivity contribution in [2.24, 2.45) is 10.9 Å². The smallest absolute Gasteiger partial charge is 0.173 e. The van der Waals surface area contributed by atoms with Gasteiger partial charge in [0.15, 0.2) is 5.84 Å². The molecular formula is C13H20BrN3O. The van der Waals surface area contributed by atoms with Gasteiger partial charge in [-0.15, -0.1) is 0 Å². The quantitative estimate of drug-likeness (QED) is 0.388. The van der Waals surface area contributed by atoms with Gasteiger partial charge in [-0.05, 0) is 48.3 Å². The van der Waals surface area contributed by atoms with Gasteiger partial charge in [-0.2, -0.15) is 0 Å². The van der Waals surface area contributed by atoms with E-state index in [1.165, 1.54) is 0 Å². The fourth-order valence-electron chi connectivity index (χ4n) is 1.66. The zero-order chi connectivity index (χ0) is 13.9. The van der Waals surface area contributed by atoms with Crippen LogP contribution in [0.5, 0.6) is 0 Å². The number of rotatable bonds is 4. The summed E-state index contributed by atoms with van der Waals surface area (Å²) in [5.41, 5.74) is 7.40. The van der Waals surface area contributed by atoms with Gasteiger partial charge in [0, 0.05) is 22.7 Å². The maximum Gasteiger partial charge on any atom is 0.173 e. The number of nitrogens with zero attached hydrogens (tertiary/aromatic N) is 2. The average Bonchev–Trinajstić information content (AvgIpc) is 2.36. The van der Waals surface area contributed by atoms with Crippen LogP contribution in [0, 0.1) is 0 Å². The first-order valence-corrected chi connectivity index (χ1v) is 6.64. The summed E-state index contributed by atoms with van der Waals surface area (Å²) in [5, 5.41) is 12.0. The molecule has 3 N–H and O–H groups in total. The minimum absolute atomic E-state index is 0.00865. The fraction of sp³-hybridized carbons (Fsp3) is 0.462. The van der Waals surface area contributed by atoms with E-state index in [1.54, 1.807) is 0 Å². The Labute approximate surface area is 117 Å². The molecule has 0 saturated carbocycles. The number of benzene rings is 1. The van der Waals surface area contributed by atoms with Crippen LogP contribution in [0.3, 0.4) is 0 Å². The molecule has 0 spiro atoms. The van der Waals surface area contributed by atoms with Crippen molar-refractivity contribution in [3.63, 3.8) is 0 Å². The topological polar surface area (TPSA) is 61.8 Å². The van der Waals surface area contributed by atoms with E-state index in [0.29, 0.717) is 5.56 Å². The lowest BCUT2D eigenvalue weighted by Crippen LogP contribution is -2.41. The lowest BCUT2D eigenvalue weighted by molar-refractivity contribution is 0.318. The van der Waals surface area contributed by atoms with Gasteiger partial charge in [-0.25, -0.2) is 0 Å². The molecule has 0 heterocycles. The van der Waals surface area contributed by atoms with Crippen molar-refractivity contribution in [1.82, 2.24) is 0 Å². The third-order valence-corrected chi connectivity index (χ3v) is 4.15. The van der Waals surface area contributed by atoms with Crippen molar-refractivity contribution in [2.45, 2.75) is 32.7 Å². The molecule has 0 bridgehead atoms. The van der Waals surface area contributed by atoms with Crippen LogP contribution >= 0.6 is 15.9 Å². The van der Waals surface area contributed by atoms with Crippen LogP contribution in [0.1, 0.15) is 32.8 Å². The van der Waals surface area contributed by atoms with Crippen molar-refractivity contribution >= 4 is 27.5 Å². The standard InChI is InChI=1S/C13H20BrN3O/c1-5-13(2,3)17(4)10-8-6-7-9(14)11(10)12(15)16-18/h6-8,18H,5H2,1-4H3,(H2,15,16). The molecule has 0 fully saturated rings. The Morgan fingerprint density at radius 1 is 1.50 bits per heavy atom. The third-order valence-electron chi connectivity index (χ3n) is 3.49. The number of oxime groups is 1. The van der Waals surface area contributed by atoms with Crippen LogP contribution in [-0.2, 0) is 0 Å². The monoisotopic (exact) mass is 313 g/mol. The zero-order valence-corrected chi connectivity index (χ0v) is 12.8. The Bertz CT molecular complexity index is 458. The number of hydrogen-bond acceptors (Lipinski definition) is 3. The normalized spacial score (nSPS) is 12.6. The second-order valence-corrected chi connectivity index (χ2v) is 5.70. The highest BCUT2D eigenvalue weighted by atomic mass is 79.9. The van der Waals surface area contributed by atoms with E-state index in [9.17, 15) is 0 Å². The summed E-state index contributed by atoms with van der Waals surface area (Å²) in [6.45, 7) is 6.45. The summed E-state index contributed by atoms with van der Waals surface area (Å²) in [6, 6.07) is 5.79. The molecule has 0 unspecified atom stereocenters. The predicted octanol–water partition coefficient (Wildman–Crippen LogP) is 3.17. The van der Waals surface area contributed by atoms with Gasteiger partial charge in [-0.1, -0.05) is 18.1 Å². The van der Waals surface area contributed by atoms with Crippen molar-refractivity contribution in [1.29, 1.82) is 0 Å². The summed E-state index contributed by atoms with van der Waals surface area (Å²) in [5.74, 6) is 0.108. The maximum atomic E-state index is 8.90. The van der Waals surface area contributed by atoms with Crippen LogP contribution in [0.25, 0.3) is 0 Å². The molecule has 0 saturated heterocycles. The number of halogens is 1. The van der Waals surface area contributed by atoms with Gasteiger partial charge >= 0.3 is 0 Å². The number of hydrogen-bond donors (Lipinski definition) is 2. The van der Waals surface area contributed by atoms with Gasteiger partial charge in [-0.3, -0.25) is 0 Å². The highest BCUT2D eigenvalue weighted by Crippen LogP contribution is 2.32. The molecule has 1 aromatic rings. The van der Waals surface area contributed by atoms with Crippen molar-refractivity contribution in [3.05, 3.63) is 28.2 Å². The Morgan fingerprint density at radius 3 is 2.61 bits per heavy atom. The van der Waals surface area contributed by atoms with Crippen molar-refractivity contribution in [2.75, 3.05) is 11.9 Å². The molecule has 1 aromatic carbocycles. The molecule has 18 heavy (non-hydrogen) atoms. The largest absolute Gasteiger partial charge is 0.409 e. The second-order valence-electron chi connectivity index (χ2n) is 4.84. The first-order valence-electron chi connectivity index (χ1n) is 5.85. The average molecular weight is 314 g/mol. The first kappa shape index (κ1) is 14.8. The third kappa shape index (κ3) is 2.77. The van der Waals surface area contributed by atoms with Gasteiger partial charge in [0.25, 0.3) is 0 Å². The molecule has 4 nitrogen and oxygen atoms in total. The molecule has 0 amide bonds. The molecular weight excluding hydrogens is 294 g/mol. The Morgan fingerprint density at radius 2 is 2.11 bits per heavy atom. The minimum atomic E-state index is -0.00865. The first-order chi connectivity index (χ1) is 8.35. The minimum Gasteiger partial charge on any atom is -0.409 e. The molecule has 100 valence electrons. The van der Waals surface area contributed by atoms with Gasteiger partial charge in [0.05, 0.1) is 5.56 Å². The molecule has 0 aliphatic carbocycles. The van der Waals surface area contributed by atoms with Crippen LogP contribution in [0.15, 0.2) is 27.8 Å². The molecule has 1 rings (SSSR count). The molecule has 0 radical (unpaired) electrons. The summed E-state index contributed by atoms with van der Waals surface area (Å²) in [4.78, 5) is 2.14. The van der Waals surface area contributed by atoms with Crippen LogP contribution in [-0.4, -0.2) is 23.6 Å². The van der Waals surface area contributed by atoms with Crippen molar-refractivity contribution in [3.8, 4) is 0 Å². The van der Waals surface area contributed by atoms with E-state index >= 15 is 0 Å². The number of nitrogens with two attached hydrogens (primary N) is 1. The summed E-state index contributed by atoms with van der Waals surface area (Å²) in [7, 11) is 2.01. The van der Waals surface area contributed by atoms with E-state index in [1.807, 2.05) is 25.2 Å². The van der Waals surface area contributed by atoms with Crippen LogP contribution in [0.2, 0.25) is 0 Å². The molecule has 0 aliphatic heterocycles. The molecule has 5 heteroatoms. The Hall–Kier alpha value is -1.23. The number of anilines is 1. The van der Waals surface area contributed by atoms with Gasteiger partial charge in [0.2, 0.25) is 0 Å². The van der Waals surface area contributed by atoms with E-state index < -0.39 is 0 Å². The summed E-state index contributed by atoms with van der Waals surface area (Å²) >= 11 is 3.45. The molecule has 0 aliphatic rings. The van der Waals surface area contributed by atoms with E-state index in [0.717, 1.165) is 16.6 Å². The van der Waals surface area contributed by atoms with Gasteiger partial charge in [0.1, 0.15) is 0 Å². The lowest BCUT2D eigenvalue weighted by Gasteiger charge is -2.38. The maximum absolute atomic E-state index is 8.90. The fourth-order valence-corrected chi connectivity index (χ4v) is 2.22. The van der Waals surface area contributed by atoms with Crippen molar-refractivity contribution < 1.29 is 5.21 Å². The van der Waals surface area contributed by atoms with Crippen LogP contribution < -0.4 is 10.6 Å². The predicted molar refractivity (Wildman–Crippen MR) is 79.4 cm³/mol. The summed E-state index contributed by atoms with van der Waals surface area (Å²) < 4.78 is 0.814. The second kappa shape index (κ2) is 5.61. The SMILES string of the molecule is CCC(C)(C)N(C)c1cccc(Br)c1/C(N)=N/O. The highest BCUT2D eigenvalue weighted by molar-refractivity contribution is 9.10. The lowest BCUT2D eigenvalue weighted by atomic mass is 9.98. The summed E-state index contributed by atoms with van der Waals surface area (Å²) in [6.07, 6.45) is 0.992. The highest BCUT2D eigenvalue weighted by Gasteiger charge is 2.25. The number of amidine groups is 1. The zero-order valence-electron chi connectivity index (χ0n) is 11.2.